The summed E-state index contributed by atoms with van der Waals surface area (Å²) in [4.78, 5) is 39.1. The number of fused-ring (bicyclic) bond motifs is 1. The van der Waals surface area contributed by atoms with Crippen LogP contribution in [0.5, 0.6) is 5.75 Å². The Labute approximate surface area is 176 Å². The van der Waals surface area contributed by atoms with Gasteiger partial charge in [-0.2, -0.15) is 0 Å². The Kier molecular flexibility index (Phi) is 5.97. The molecular weight excluding hydrogens is 382 g/mol. The molecule has 0 heterocycles. The molecule has 0 fully saturated rings. The maximum absolute atomic E-state index is 13.4. The lowest BCUT2D eigenvalue weighted by atomic mass is 9.65. The lowest BCUT2D eigenvalue weighted by molar-refractivity contribution is -0.134. The number of imide groups is 1. The third kappa shape index (κ3) is 3.58. The topological polar surface area (TPSA) is 83.9 Å². The summed E-state index contributed by atoms with van der Waals surface area (Å²) in [5.74, 6) is -1.96. The normalized spacial score (nSPS) is 22.7. The first-order chi connectivity index (χ1) is 14.2. The van der Waals surface area contributed by atoms with Crippen molar-refractivity contribution in [2.45, 2.75) is 32.6 Å². The number of carbonyl (C=O) groups is 3. The van der Waals surface area contributed by atoms with Gasteiger partial charge in [0, 0.05) is 18.5 Å². The van der Waals surface area contributed by atoms with Crippen molar-refractivity contribution in [1.82, 2.24) is 4.90 Å². The minimum atomic E-state index is -0.701. The number of aromatic hydroxyl groups is 1. The highest BCUT2D eigenvalue weighted by molar-refractivity contribution is 6.06. The van der Waals surface area contributed by atoms with Crippen LogP contribution in [0, 0.1) is 11.8 Å². The summed E-state index contributed by atoms with van der Waals surface area (Å²) >= 11 is 0. The molecule has 1 aliphatic carbocycles. The van der Waals surface area contributed by atoms with Crippen LogP contribution in [-0.4, -0.2) is 41.9 Å². The molecule has 0 radical (unpaired) electrons. The Morgan fingerprint density at radius 1 is 0.967 bits per heavy atom. The Hall–Kier alpha value is -3.15. The molecule has 0 saturated carbocycles. The molecule has 4 atom stereocenters. The van der Waals surface area contributed by atoms with E-state index in [1.165, 1.54) is 37.9 Å². The molecule has 1 aliphatic rings. The molecule has 2 aromatic carbocycles. The second-order valence-corrected chi connectivity index (χ2v) is 8.02. The van der Waals surface area contributed by atoms with Crippen molar-refractivity contribution in [1.29, 1.82) is 0 Å². The van der Waals surface area contributed by atoms with E-state index in [1.807, 2.05) is 25.1 Å². The van der Waals surface area contributed by atoms with E-state index in [0.717, 1.165) is 10.5 Å². The molecule has 6 heteroatoms. The van der Waals surface area contributed by atoms with Gasteiger partial charge < -0.3 is 9.84 Å². The Balaban J connectivity index is 1.87. The van der Waals surface area contributed by atoms with Crippen molar-refractivity contribution < 1.29 is 24.2 Å². The van der Waals surface area contributed by atoms with Crippen LogP contribution in [-0.2, 0) is 9.53 Å². The third-order valence-electron chi connectivity index (χ3n) is 6.44. The molecule has 3 rings (SSSR count). The lowest BCUT2D eigenvalue weighted by Gasteiger charge is -2.40. The number of rotatable bonds is 3. The van der Waals surface area contributed by atoms with Gasteiger partial charge >= 0.3 is 5.97 Å². The van der Waals surface area contributed by atoms with Crippen molar-refractivity contribution in [3.63, 3.8) is 0 Å². The van der Waals surface area contributed by atoms with Crippen molar-refractivity contribution in [2.75, 3.05) is 14.2 Å². The fourth-order valence-corrected chi connectivity index (χ4v) is 4.49. The summed E-state index contributed by atoms with van der Waals surface area (Å²) in [6.45, 7) is 6.19. The number of hydrogen-bond donors (Lipinski definition) is 1. The molecule has 0 aromatic heterocycles. The van der Waals surface area contributed by atoms with E-state index in [0.29, 0.717) is 0 Å². The van der Waals surface area contributed by atoms with E-state index in [-0.39, 0.29) is 46.5 Å². The van der Waals surface area contributed by atoms with Gasteiger partial charge in [0.2, 0.25) is 5.91 Å². The maximum Gasteiger partial charge on any atom is 0.341 e. The molecule has 0 aliphatic heterocycles. The fourth-order valence-electron chi connectivity index (χ4n) is 4.49. The number of benzene rings is 2. The number of phenols is 1. The van der Waals surface area contributed by atoms with Crippen molar-refractivity contribution in [3.05, 3.63) is 64.7 Å². The lowest BCUT2D eigenvalue weighted by Crippen LogP contribution is -2.44. The number of esters is 1. The van der Waals surface area contributed by atoms with Crippen LogP contribution in [0.2, 0.25) is 0 Å². The van der Waals surface area contributed by atoms with Crippen LogP contribution in [0.15, 0.2) is 42.5 Å². The minimum absolute atomic E-state index is 0.0229. The van der Waals surface area contributed by atoms with E-state index in [9.17, 15) is 19.5 Å². The van der Waals surface area contributed by atoms with E-state index < -0.39 is 11.9 Å². The maximum atomic E-state index is 13.4. The Morgan fingerprint density at radius 3 is 2.13 bits per heavy atom. The van der Waals surface area contributed by atoms with Crippen LogP contribution in [0.3, 0.4) is 0 Å². The van der Waals surface area contributed by atoms with Crippen LogP contribution in [0.25, 0.3) is 0 Å². The molecule has 0 saturated heterocycles. The highest BCUT2D eigenvalue weighted by Crippen LogP contribution is 2.46. The van der Waals surface area contributed by atoms with Gasteiger partial charge in [0.05, 0.1) is 7.11 Å². The predicted molar refractivity (Wildman–Crippen MR) is 112 cm³/mol. The standard InChI is InChI=1S/C24H27NO5/c1-13-14(2)21(15(3)18-9-7-6-8-17(13)18)23(28)25(4)22(27)16-10-11-19(20(26)12-16)24(29)30-5/h6-15,21,26H,1-5H3. The molecule has 158 valence electrons. The first-order valence-corrected chi connectivity index (χ1v) is 10.0. The molecule has 2 aromatic rings. The van der Waals surface area contributed by atoms with Crippen molar-refractivity contribution in [2.24, 2.45) is 11.8 Å². The van der Waals surface area contributed by atoms with Crippen molar-refractivity contribution >= 4 is 17.8 Å². The summed E-state index contributed by atoms with van der Waals surface area (Å²) in [5.41, 5.74) is 2.48. The highest BCUT2D eigenvalue weighted by atomic mass is 16.5. The average molecular weight is 409 g/mol. The van der Waals surface area contributed by atoms with Gasteiger partial charge in [-0.25, -0.2) is 4.79 Å². The van der Waals surface area contributed by atoms with Gasteiger partial charge in [0.1, 0.15) is 11.3 Å². The summed E-state index contributed by atoms with van der Waals surface area (Å²) in [6, 6.07) is 12.0. The third-order valence-corrected chi connectivity index (χ3v) is 6.44. The zero-order valence-corrected chi connectivity index (χ0v) is 17.9. The van der Waals surface area contributed by atoms with E-state index in [4.69, 9.17) is 0 Å². The number of ether oxygens (including phenoxy) is 1. The molecule has 30 heavy (non-hydrogen) atoms. The number of hydrogen-bond acceptors (Lipinski definition) is 5. The number of methoxy groups -OCH3 is 1. The van der Waals surface area contributed by atoms with Gasteiger partial charge in [-0.1, -0.05) is 45.0 Å². The molecule has 2 amide bonds. The Morgan fingerprint density at radius 2 is 1.57 bits per heavy atom. The van der Waals surface area contributed by atoms with Gasteiger partial charge in [-0.15, -0.1) is 0 Å². The second-order valence-electron chi connectivity index (χ2n) is 8.02. The van der Waals surface area contributed by atoms with Gasteiger partial charge in [0.15, 0.2) is 0 Å². The molecule has 0 bridgehead atoms. The first kappa shape index (κ1) is 21.6. The van der Waals surface area contributed by atoms with Gasteiger partial charge in [0.25, 0.3) is 5.91 Å². The second kappa shape index (κ2) is 8.30. The van der Waals surface area contributed by atoms with E-state index in [1.54, 1.807) is 0 Å². The SMILES string of the molecule is COC(=O)c1ccc(C(=O)N(C)C(=O)C2C(C)c3ccccc3C(C)C2C)cc1O. The largest absolute Gasteiger partial charge is 0.507 e. The van der Waals surface area contributed by atoms with Crippen LogP contribution < -0.4 is 0 Å². The molecule has 0 spiro atoms. The zero-order valence-electron chi connectivity index (χ0n) is 17.9. The number of carbonyl (C=O) groups excluding carboxylic acids is 3. The predicted octanol–water partition coefficient (Wildman–Crippen LogP) is 3.95. The van der Waals surface area contributed by atoms with E-state index >= 15 is 0 Å². The average Bonchev–Trinajstić information content (AvgIpc) is 2.75. The number of amides is 2. The summed E-state index contributed by atoms with van der Waals surface area (Å²) in [6.07, 6.45) is 0. The summed E-state index contributed by atoms with van der Waals surface area (Å²) in [7, 11) is 2.67. The molecular formula is C24H27NO5. The van der Waals surface area contributed by atoms with Crippen LogP contribution >= 0.6 is 0 Å². The molecule has 1 N–H and O–H groups in total. The fraction of sp³-hybridized carbons (Fsp3) is 0.375. The van der Waals surface area contributed by atoms with Crippen molar-refractivity contribution in [3.8, 4) is 5.75 Å². The summed E-state index contributed by atoms with van der Waals surface area (Å²) in [5, 5.41) is 10.1. The highest BCUT2D eigenvalue weighted by Gasteiger charge is 2.42. The van der Waals surface area contributed by atoms with Crippen LogP contribution in [0.1, 0.15) is 64.4 Å². The van der Waals surface area contributed by atoms with Crippen LogP contribution in [0.4, 0.5) is 0 Å². The minimum Gasteiger partial charge on any atom is -0.507 e. The smallest absolute Gasteiger partial charge is 0.341 e. The monoisotopic (exact) mass is 409 g/mol. The first-order valence-electron chi connectivity index (χ1n) is 10.0. The van der Waals surface area contributed by atoms with Gasteiger partial charge in [-0.3, -0.25) is 14.5 Å². The zero-order chi connectivity index (χ0) is 22.2. The van der Waals surface area contributed by atoms with Gasteiger partial charge in [-0.05, 0) is 47.1 Å². The Bertz CT molecular complexity index is 999. The molecule has 6 nitrogen and oxygen atoms in total. The number of phenolic OH excluding ortho intramolecular Hbond substituents is 1. The summed E-state index contributed by atoms with van der Waals surface area (Å²) < 4.78 is 4.60. The number of nitrogens with zero attached hydrogens (tertiary/aromatic N) is 1. The molecule has 4 unspecified atom stereocenters. The van der Waals surface area contributed by atoms with E-state index in [2.05, 4.69) is 24.7 Å². The quantitative estimate of drug-likeness (QED) is 0.613.